The van der Waals surface area contributed by atoms with Gasteiger partial charge in [-0.2, -0.15) is 4.98 Å². The maximum atomic E-state index is 12.1. The van der Waals surface area contributed by atoms with Gasteiger partial charge in [-0.1, -0.05) is 11.2 Å². The molecule has 1 aliphatic heterocycles. The van der Waals surface area contributed by atoms with Crippen molar-refractivity contribution in [2.24, 2.45) is 0 Å². The van der Waals surface area contributed by atoms with Crippen molar-refractivity contribution in [1.82, 2.24) is 25.3 Å². The van der Waals surface area contributed by atoms with E-state index in [1.165, 1.54) is 0 Å². The Labute approximate surface area is 169 Å². The van der Waals surface area contributed by atoms with Crippen molar-refractivity contribution in [3.05, 3.63) is 23.4 Å². The van der Waals surface area contributed by atoms with Gasteiger partial charge in [0.25, 0.3) is 0 Å². The van der Waals surface area contributed by atoms with Crippen molar-refractivity contribution >= 4 is 42.1 Å². The fourth-order valence-corrected chi connectivity index (χ4v) is 3.40. The lowest BCUT2D eigenvalue weighted by Crippen LogP contribution is -2.48. The van der Waals surface area contributed by atoms with Gasteiger partial charge in [0, 0.05) is 32.6 Å². The Balaban J connectivity index is 0.00000169. The van der Waals surface area contributed by atoms with Crippen LogP contribution in [-0.4, -0.2) is 65.6 Å². The summed E-state index contributed by atoms with van der Waals surface area (Å²) < 4.78 is 5.35. The van der Waals surface area contributed by atoms with E-state index in [1.54, 1.807) is 11.3 Å². The molecule has 26 heavy (non-hydrogen) atoms. The fraction of sp³-hybridized carbons (Fsp3) is 0.562. The predicted molar refractivity (Wildman–Crippen MR) is 107 cm³/mol. The van der Waals surface area contributed by atoms with E-state index in [0.717, 1.165) is 44.0 Å². The van der Waals surface area contributed by atoms with E-state index in [9.17, 15) is 4.79 Å². The third-order valence-corrected chi connectivity index (χ3v) is 4.98. The van der Waals surface area contributed by atoms with Gasteiger partial charge in [0.1, 0.15) is 0 Å². The van der Waals surface area contributed by atoms with Crippen LogP contribution in [0.2, 0.25) is 0 Å². The van der Waals surface area contributed by atoms with Gasteiger partial charge in [-0.25, -0.2) is 0 Å². The van der Waals surface area contributed by atoms with E-state index >= 15 is 0 Å². The number of hydrogen-bond donors (Lipinski definition) is 1. The molecule has 1 amide bonds. The number of carbonyl (C=O) groups is 1. The number of rotatable bonds is 7. The maximum Gasteiger partial charge on any atom is 0.241 e. The molecular weight excluding hydrogens is 397 g/mol. The number of aromatic nitrogens is 2. The lowest BCUT2D eigenvalue weighted by Gasteiger charge is -2.34. The number of amides is 1. The minimum Gasteiger partial charge on any atom is -0.340 e. The Bertz CT molecular complexity index is 645. The molecule has 3 rings (SSSR count). The van der Waals surface area contributed by atoms with Crippen molar-refractivity contribution < 1.29 is 9.32 Å². The molecule has 0 spiro atoms. The van der Waals surface area contributed by atoms with Gasteiger partial charge < -0.3 is 14.7 Å². The molecule has 1 aliphatic rings. The molecule has 0 unspecified atom stereocenters. The van der Waals surface area contributed by atoms with E-state index in [1.807, 2.05) is 29.5 Å². The third-order valence-electron chi connectivity index (χ3n) is 4.11. The van der Waals surface area contributed by atoms with Crippen molar-refractivity contribution in [3.63, 3.8) is 0 Å². The van der Waals surface area contributed by atoms with Gasteiger partial charge in [-0.15, -0.1) is 36.2 Å². The summed E-state index contributed by atoms with van der Waals surface area (Å²) in [5.41, 5.74) is 0. The first-order chi connectivity index (χ1) is 11.8. The van der Waals surface area contributed by atoms with Gasteiger partial charge >= 0.3 is 0 Å². The third kappa shape index (κ3) is 6.21. The highest BCUT2D eigenvalue weighted by Crippen LogP contribution is 2.21. The quantitative estimate of drug-likeness (QED) is 0.691. The standard InChI is InChI=1S/C16H23N5O2S.2ClH/c1-17-6-2-5-15(22)21-9-7-20(8-10-21)12-14-18-16(19-23-14)13-4-3-11-24-13;;/h3-4,11,17H,2,5-10,12H2,1H3;2*1H. The summed E-state index contributed by atoms with van der Waals surface area (Å²) in [7, 11) is 1.91. The number of piperazine rings is 1. The van der Waals surface area contributed by atoms with Crippen LogP contribution in [0.5, 0.6) is 0 Å². The van der Waals surface area contributed by atoms with Crippen LogP contribution in [0.3, 0.4) is 0 Å². The van der Waals surface area contributed by atoms with E-state index in [2.05, 4.69) is 20.4 Å². The molecule has 3 heterocycles. The first-order valence-electron chi connectivity index (χ1n) is 8.27. The largest absolute Gasteiger partial charge is 0.340 e. The summed E-state index contributed by atoms with van der Waals surface area (Å²) in [6.45, 7) is 4.74. The van der Waals surface area contributed by atoms with Crippen LogP contribution in [0.4, 0.5) is 0 Å². The summed E-state index contributed by atoms with van der Waals surface area (Å²) in [5, 5.41) is 9.11. The summed E-state index contributed by atoms with van der Waals surface area (Å²) in [4.78, 5) is 21.8. The normalized spacial score (nSPS) is 14.6. The molecule has 2 aromatic heterocycles. The van der Waals surface area contributed by atoms with Gasteiger partial charge in [-0.05, 0) is 31.5 Å². The highest BCUT2D eigenvalue weighted by atomic mass is 35.5. The lowest BCUT2D eigenvalue weighted by molar-refractivity contribution is -0.133. The molecule has 0 bridgehead atoms. The molecule has 1 saturated heterocycles. The minimum atomic E-state index is 0. The highest BCUT2D eigenvalue weighted by Gasteiger charge is 2.22. The molecule has 2 aromatic rings. The Morgan fingerprint density at radius 2 is 2.08 bits per heavy atom. The molecule has 146 valence electrons. The Kier molecular flexibility index (Phi) is 10.1. The lowest BCUT2D eigenvalue weighted by atomic mass is 10.2. The monoisotopic (exact) mass is 421 g/mol. The molecule has 0 aliphatic carbocycles. The number of carbonyl (C=O) groups excluding carboxylic acids is 1. The van der Waals surface area contributed by atoms with Gasteiger partial charge in [0.2, 0.25) is 17.6 Å². The Morgan fingerprint density at radius 1 is 1.31 bits per heavy atom. The van der Waals surface area contributed by atoms with Crippen LogP contribution < -0.4 is 5.32 Å². The molecule has 10 heteroatoms. The second-order valence-corrected chi connectivity index (χ2v) is 6.80. The van der Waals surface area contributed by atoms with E-state index in [4.69, 9.17) is 4.52 Å². The summed E-state index contributed by atoms with van der Waals surface area (Å²) in [5.74, 6) is 1.54. The second kappa shape index (κ2) is 11.5. The number of nitrogens with one attached hydrogen (secondary N) is 1. The maximum absolute atomic E-state index is 12.1. The topological polar surface area (TPSA) is 74.5 Å². The first kappa shape index (κ1) is 22.9. The molecule has 0 saturated carbocycles. The zero-order chi connectivity index (χ0) is 16.8. The van der Waals surface area contributed by atoms with Crippen molar-refractivity contribution in [2.45, 2.75) is 19.4 Å². The van der Waals surface area contributed by atoms with Crippen LogP contribution in [0.15, 0.2) is 22.0 Å². The van der Waals surface area contributed by atoms with Gasteiger partial charge in [0.05, 0.1) is 11.4 Å². The molecule has 1 N–H and O–H groups in total. The molecular formula is C16H25Cl2N5O2S. The summed E-state index contributed by atoms with van der Waals surface area (Å²) >= 11 is 1.60. The number of hydrogen-bond acceptors (Lipinski definition) is 7. The predicted octanol–water partition coefficient (Wildman–Crippen LogP) is 2.29. The van der Waals surface area contributed by atoms with Crippen LogP contribution in [0.25, 0.3) is 10.7 Å². The van der Waals surface area contributed by atoms with Crippen LogP contribution >= 0.6 is 36.2 Å². The molecule has 0 atom stereocenters. The smallest absolute Gasteiger partial charge is 0.241 e. The Morgan fingerprint density at radius 3 is 2.73 bits per heavy atom. The molecule has 0 radical (unpaired) electrons. The van der Waals surface area contributed by atoms with Crippen LogP contribution in [-0.2, 0) is 11.3 Å². The zero-order valence-electron chi connectivity index (χ0n) is 14.7. The number of nitrogens with zero attached hydrogens (tertiary/aromatic N) is 4. The van der Waals surface area contributed by atoms with E-state index in [0.29, 0.717) is 24.7 Å². The van der Waals surface area contributed by atoms with E-state index < -0.39 is 0 Å². The second-order valence-electron chi connectivity index (χ2n) is 5.85. The molecule has 7 nitrogen and oxygen atoms in total. The molecule has 0 aromatic carbocycles. The van der Waals surface area contributed by atoms with Gasteiger partial charge in [-0.3, -0.25) is 9.69 Å². The number of thiophene rings is 1. The fourth-order valence-electron chi connectivity index (χ4n) is 2.75. The molecule has 1 fully saturated rings. The minimum absolute atomic E-state index is 0. The zero-order valence-corrected chi connectivity index (χ0v) is 17.2. The van der Waals surface area contributed by atoms with Crippen LogP contribution in [0.1, 0.15) is 18.7 Å². The SMILES string of the molecule is CNCCCC(=O)N1CCN(Cc2nc(-c3cccs3)no2)CC1.Cl.Cl. The summed E-state index contributed by atoms with van der Waals surface area (Å²) in [6, 6.07) is 3.96. The average Bonchev–Trinajstić information content (AvgIpc) is 3.27. The Hall–Kier alpha value is -1.19. The van der Waals surface area contributed by atoms with Crippen molar-refractivity contribution in [3.8, 4) is 10.7 Å². The summed E-state index contributed by atoms with van der Waals surface area (Å²) in [6.07, 6.45) is 1.51. The highest BCUT2D eigenvalue weighted by molar-refractivity contribution is 7.13. The van der Waals surface area contributed by atoms with E-state index in [-0.39, 0.29) is 30.7 Å². The van der Waals surface area contributed by atoms with Crippen molar-refractivity contribution in [1.29, 1.82) is 0 Å². The van der Waals surface area contributed by atoms with Gasteiger partial charge in [0.15, 0.2) is 0 Å². The first-order valence-corrected chi connectivity index (χ1v) is 9.15. The average molecular weight is 422 g/mol. The van der Waals surface area contributed by atoms with Crippen molar-refractivity contribution in [2.75, 3.05) is 39.8 Å². The van der Waals surface area contributed by atoms with Crippen LogP contribution in [0, 0.1) is 0 Å². The number of halogens is 2.